The molecule has 0 saturated carbocycles. The molecule has 4 heteroatoms. The highest BCUT2D eigenvalue weighted by atomic mass is 16.5. The summed E-state index contributed by atoms with van der Waals surface area (Å²) in [6.07, 6.45) is 3.31. The monoisotopic (exact) mass is 263 g/mol. The summed E-state index contributed by atoms with van der Waals surface area (Å²) in [5.41, 5.74) is 0.822. The van der Waals surface area contributed by atoms with Gasteiger partial charge >= 0.3 is 0 Å². The molecule has 0 N–H and O–H groups in total. The fourth-order valence-electron chi connectivity index (χ4n) is 1.77. The Morgan fingerprint density at radius 2 is 1.89 bits per heavy atom. The van der Waals surface area contributed by atoms with E-state index in [1.54, 1.807) is 31.3 Å². The zero-order valence-electron chi connectivity index (χ0n) is 12.0. The maximum absolute atomic E-state index is 11.9. The van der Waals surface area contributed by atoms with Gasteiger partial charge in [0.25, 0.3) is 0 Å². The lowest BCUT2D eigenvalue weighted by Gasteiger charge is -2.16. The van der Waals surface area contributed by atoms with Crippen LogP contribution >= 0.6 is 0 Å². The van der Waals surface area contributed by atoms with Gasteiger partial charge in [0.15, 0.2) is 0 Å². The zero-order chi connectivity index (χ0) is 14.3. The van der Waals surface area contributed by atoms with Crippen molar-refractivity contribution in [2.75, 3.05) is 27.3 Å². The first-order chi connectivity index (χ1) is 9.15. The lowest BCUT2D eigenvalue weighted by atomic mass is 10.1. The van der Waals surface area contributed by atoms with E-state index >= 15 is 0 Å². The molecular weight excluding hydrogens is 242 g/mol. The van der Waals surface area contributed by atoms with Crippen LogP contribution in [0, 0.1) is 0 Å². The van der Waals surface area contributed by atoms with Crippen LogP contribution in [0.1, 0.15) is 19.4 Å². The summed E-state index contributed by atoms with van der Waals surface area (Å²) in [7, 11) is 3.21. The highest BCUT2D eigenvalue weighted by Gasteiger charge is 2.06. The Morgan fingerprint density at radius 3 is 2.42 bits per heavy atom. The van der Waals surface area contributed by atoms with Crippen LogP contribution < -0.4 is 9.47 Å². The van der Waals surface area contributed by atoms with E-state index in [1.165, 1.54) is 0 Å². The number of nitrogens with zero attached hydrogens (tertiary/aromatic N) is 1. The zero-order valence-corrected chi connectivity index (χ0v) is 12.0. The average molecular weight is 263 g/mol. The minimum atomic E-state index is -0.00475. The lowest BCUT2D eigenvalue weighted by Crippen LogP contribution is -2.28. The van der Waals surface area contributed by atoms with Crippen LogP contribution in [0.5, 0.6) is 11.5 Å². The third-order valence-electron chi connectivity index (χ3n) is 2.92. The van der Waals surface area contributed by atoms with Crippen molar-refractivity contribution >= 4 is 12.0 Å². The molecule has 0 saturated heterocycles. The number of ether oxygens (including phenoxy) is 2. The molecule has 0 spiro atoms. The number of methoxy groups -OCH3 is 2. The van der Waals surface area contributed by atoms with Gasteiger partial charge in [-0.3, -0.25) is 4.79 Å². The van der Waals surface area contributed by atoms with Gasteiger partial charge in [-0.1, -0.05) is 0 Å². The summed E-state index contributed by atoms with van der Waals surface area (Å²) in [4.78, 5) is 13.7. The first-order valence-electron chi connectivity index (χ1n) is 6.35. The van der Waals surface area contributed by atoms with Gasteiger partial charge in [0.2, 0.25) is 5.91 Å². The molecule has 0 aliphatic rings. The van der Waals surface area contributed by atoms with Gasteiger partial charge in [-0.05, 0) is 38.1 Å². The Hall–Kier alpha value is -1.97. The molecule has 0 fully saturated rings. The van der Waals surface area contributed by atoms with Crippen LogP contribution in [0.4, 0.5) is 0 Å². The predicted molar refractivity (Wildman–Crippen MR) is 76.5 cm³/mol. The standard InChI is InChI=1S/C15H21NO3/c1-5-16(6-2)15(17)10-7-12-11-13(18-3)8-9-14(12)19-4/h7-11H,5-6H2,1-4H3. The van der Waals surface area contributed by atoms with E-state index < -0.39 is 0 Å². The maximum atomic E-state index is 11.9. The van der Waals surface area contributed by atoms with E-state index in [-0.39, 0.29) is 5.91 Å². The minimum absolute atomic E-state index is 0.00475. The number of carbonyl (C=O) groups is 1. The molecule has 1 aromatic rings. The highest BCUT2D eigenvalue weighted by molar-refractivity contribution is 5.92. The van der Waals surface area contributed by atoms with Crippen molar-refractivity contribution in [2.45, 2.75) is 13.8 Å². The molecule has 1 amide bonds. The van der Waals surface area contributed by atoms with Crippen molar-refractivity contribution in [1.29, 1.82) is 0 Å². The minimum Gasteiger partial charge on any atom is -0.497 e. The topological polar surface area (TPSA) is 38.8 Å². The summed E-state index contributed by atoms with van der Waals surface area (Å²) in [6.45, 7) is 5.33. The summed E-state index contributed by atoms with van der Waals surface area (Å²) in [6, 6.07) is 5.48. The quantitative estimate of drug-likeness (QED) is 0.740. The van der Waals surface area contributed by atoms with E-state index in [1.807, 2.05) is 32.0 Å². The van der Waals surface area contributed by atoms with E-state index in [9.17, 15) is 4.79 Å². The van der Waals surface area contributed by atoms with Crippen LogP contribution in [-0.4, -0.2) is 38.1 Å². The molecule has 0 bridgehead atoms. The number of amides is 1. The average Bonchev–Trinajstić information content (AvgIpc) is 2.45. The number of likely N-dealkylation sites (N-methyl/N-ethyl adjacent to an activating group) is 1. The van der Waals surface area contributed by atoms with Gasteiger partial charge in [0.1, 0.15) is 11.5 Å². The Labute approximate surface area is 114 Å². The molecule has 0 atom stereocenters. The predicted octanol–water partition coefficient (Wildman–Crippen LogP) is 2.59. The second-order valence-corrected chi connectivity index (χ2v) is 3.95. The first-order valence-corrected chi connectivity index (χ1v) is 6.35. The van der Waals surface area contributed by atoms with Crippen molar-refractivity contribution < 1.29 is 14.3 Å². The fraction of sp³-hybridized carbons (Fsp3) is 0.400. The van der Waals surface area contributed by atoms with Gasteiger partial charge < -0.3 is 14.4 Å². The van der Waals surface area contributed by atoms with Crippen LogP contribution in [0.3, 0.4) is 0 Å². The second kappa shape index (κ2) is 7.46. The molecule has 0 unspecified atom stereocenters. The molecule has 1 aromatic carbocycles. The highest BCUT2D eigenvalue weighted by Crippen LogP contribution is 2.25. The van der Waals surface area contributed by atoms with E-state index in [0.29, 0.717) is 18.8 Å². The van der Waals surface area contributed by atoms with Crippen LogP contribution in [0.25, 0.3) is 6.08 Å². The molecule has 1 rings (SSSR count). The molecular formula is C15H21NO3. The summed E-state index contributed by atoms with van der Waals surface area (Å²) < 4.78 is 10.4. The number of carbonyl (C=O) groups excluding carboxylic acids is 1. The van der Waals surface area contributed by atoms with Crippen molar-refractivity contribution in [3.05, 3.63) is 29.8 Å². The van der Waals surface area contributed by atoms with Crippen LogP contribution in [0.2, 0.25) is 0 Å². The van der Waals surface area contributed by atoms with Gasteiger partial charge in [-0.15, -0.1) is 0 Å². The second-order valence-electron chi connectivity index (χ2n) is 3.95. The van der Waals surface area contributed by atoms with Gasteiger partial charge in [0.05, 0.1) is 14.2 Å². The van der Waals surface area contributed by atoms with E-state index in [0.717, 1.165) is 11.3 Å². The largest absolute Gasteiger partial charge is 0.497 e. The van der Waals surface area contributed by atoms with Gasteiger partial charge in [-0.2, -0.15) is 0 Å². The lowest BCUT2D eigenvalue weighted by molar-refractivity contribution is -0.125. The van der Waals surface area contributed by atoms with Gasteiger partial charge in [0, 0.05) is 24.7 Å². The number of hydrogen-bond donors (Lipinski definition) is 0. The van der Waals surface area contributed by atoms with Crippen molar-refractivity contribution in [3.8, 4) is 11.5 Å². The van der Waals surface area contributed by atoms with Crippen molar-refractivity contribution in [3.63, 3.8) is 0 Å². The van der Waals surface area contributed by atoms with Crippen molar-refractivity contribution in [2.24, 2.45) is 0 Å². The fourth-order valence-corrected chi connectivity index (χ4v) is 1.77. The van der Waals surface area contributed by atoms with E-state index in [4.69, 9.17) is 9.47 Å². The Bertz CT molecular complexity index is 451. The summed E-state index contributed by atoms with van der Waals surface area (Å²) in [5, 5.41) is 0. The normalized spacial score (nSPS) is 10.5. The molecule has 0 radical (unpaired) electrons. The molecule has 0 aliphatic heterocycles. The Kier molecular flexibility index (Phi) is 5.93. The number of rotatable bonds is 6. The maximum Gasteiger partial charge on any atom is 0.246 e. The Morgan fingerprint density at radius 1 is 1.21 bits per heavy atom. The Balaban J connectivity index is 2.94. The number of hydrogen-bond acceptors (Lipinski definition) is 3. The smallest absolute Gasteiger partial charge is 0.246 e. The van der Waals surface area contributed by atoms with Crippen molar-refractivity contribution in [1.82, 2.24) is 4.90 Å². The third kappa shape index (κ3) is 4.02. The van der Waals surface area contributed by atoms with Crippen LogP contribution in [0.15, 0.2) is 24.3 Å². The summed E-state index contributed by atoms with van der Waals surface area (Å²) in [5.74, 6) is 1.44. The molecule has 0 heterocycles. The molecule has 4 nitrogen and oxygen atoms in total. The third-order valence-corrected chi connectivity index (χ3v) is 2.92. The summed E-state index contributed by atoms with van der Waals surface area (Å²) >= 11 is 0. The van der Waals surface area contributed by atoms with Gasteiger partial charge in [-0.25, -0.2) is 0 Å². The molecule has 19 heavy (non-hydrogen) atoms. The molecule has 104 valence electrons. The number of benzene rings is 1. The SMILES string of the molecule is CCN(CC)C(=O)C=Cc1cc(OC)ccc1OC. The first kappa shape index (κ1) is 15.1. The molecule has 0 aromatic heterocycles. The van der Waals surface area contributed by atoms with E-state index in [2.05, 4.69) is 0 Å². The van der Waals surface area contributed by atoms with Crippen LogP contribution in [-0.2, 0) is 4.79 Å². The molecule has 0 aliphatic carbocycles.